The lowest BCUT2D eigenvalue weighted by molar-refractivity contribution is 0.450. The van der Waals surface area contributed by atoms with Crippen molar-refractivity contribution in [3.05, 3.63) is 54.0 Å². The molecule has 0 amide bonds. The number of furan rings is 1. The van der Waals surface area contributed by atoms with Crippen molar-refractivity contribution in [3.8, 4) is 0 Å². The van der Waals surface area contributed by atoms with E-state index < -0.39 is 0 Å². The molecule has 1 aliphatic rings. The maximum absolute atomic E-state index is 5.90. The van der Waals surface area contributed by atoms with Gasteiger partial charge in [-0.3, -0.25) is 0 Å². The molecule has 5 nitrogen and oxygen atoms in total. The quantitative estimate of drug-likeness (QED) is 0.776. The first-order chi connectivity index (χ1) is 11.8. The molecule has 0 bridgehead atoms. The van der Waals surface area contributed by atoms with Crippen LogP contribution in [-0.4, -0.2) is 23.1 Å². The molecule has 124 valence electrons. The first-order valence-corrected chi connectivity index (χ1v) is 8.57. The number of rotatable bonds is 5. The van der Waals surface area contributed by atoms with Crippen molar-refractivity contribution < 1.29 is 4.42 Å². The molecule has 1 aromatic carbocycles. The van der Waals surface area contributed by atoms with Gasteiger partial charge in [0, 0.05) is 43.0 Å². The molecule has 2 aromatic heterocycles. The first kappa shape index (κ1) is 15.1. The third-order valence-corrected chi connectivity index (χ3v) is 4.56. The zero-order valence-corrected chi connectivity index (χ0v) is 13.9. The smallest absolute Gasteiger partial charge is 0.225 e. The summed E-state index contributed by atoms with van der Waals surface area (Å²) >= 11 is 0. The van der Waals surface area contributed by atoms with Gasteiger partial charge in [0.15, 0.2) is 0 Å². The number of para-hydroxylation sites is 1. The molecule has 1 N–H and O–H groups in total. The van der Waals surface area contributed by atoms with Crippen LogP contribution in [0.25, 0.3) is 11.0 Å². The number of nitrogens with one attached hydrogen (secondary N) is 1. The monoisotopic (exact) mass is 322 g/mol. The van der Waals surface area contributed by atoms with E-state index in [1.807, 2.05) is 30.6 Å². The highest BCUT2D eigenvalue weighted by Crippen LogP contribution is 2.23. The number of aromatic nitrogens is 2. The van der Waals surface area contributed by atoms with Crippen LogP contribution in [0.5, 0.6) is 0 Å². The van der Waals surface area contributed by atoms with Gasteiger partial charge in [0.1, 0.15) is 11.3 Å². The first-order valence-electron chi connectivity index (χ1n) is 8.57. The summed E-state index contributed by atoms with van der Waals surface area (Å²) in [6, 6.07) is 10.3. The van der Waals surface area contributed by atoms with Gasteiger partial charge in [-0.1, -0.05) is 18.2 Å². The largest absolute Gasteiger partial charge is 0.459 e. The van der Waals surface area contributed by atoms with Crippen LogP contribution < -0.4 is 10.2 Å². The van der Waals surface area contributed by atoms with Crippen LogP contribution in [0.2, 0.25) is 0 Å². The maximum atomic E-state index is 5.90. The zero-order chi connectivity index (χ0) is 16.4. The van der Waals surface area contributed by atoms with Crippen LogP contribution in [0.4, 0.5) is 5.95 Å². The Bertz CT molecular complexity index is 773. The fraction of sp³-hybridized carbons (Fsp3) is 0.368. The lowest BCUT2D eigenvalue weighted by atomic mass is 10.2. The minimum absolute atomic E-state index is 0.135. The lowest BCUT2D eigenvalue weighted by Gasteiger charge is -2.15. The summed E-state index contributed by atoms with van der Waals surface area (Å²) in [7, 11) is 0. The van der Waals surface area contributed by atoms with E-state index in [0.717, 1.165) is 47.9 Å². The SMILES string of the molecule is C[C@@H](NCc1cnc(N2CCCC2)nc1)c1cc2ccccc2o1. The molecule has 1 fully saturated rings. The van der Waals surface area contributed by atoms with Crippen molar-refractivity contribution in [1.82, 2.24) is 15.3 Å². The predicted molar refractivity (Wildman–Crippen MR) is 94.9 cm³/mol. The summed E-state index contributed by atoms with van der Waals surface area (Å²) in [5.41, 5.74) is 2.01. The molecule has 0 aliphatic carbocycles. The van der Waals surface area contributed by atoms with E-state index in [-0.39, 0.29) is 6.04 Å². The van der Waals surface area contributed by atoms with Crippen LogP contribution in [-0.2, 0) is 6.54 Å². The second-order valence-electron chi connectivity index (χ2n) is 6.37. The molecule has 0 spiro atoms. The van der Waals surface area contributed by atoms with Crippen LogP contribution >= 0.6 is 0 Å². The molecule has 1 atom stereocenters. The molecule has 3 heterocycles. The Labute approximate surface area is 141 Å². The van der Waals surface area contributed by atoms with Gasteiger partial charge in [-0.15, -0.1) is 0 Å². The number of hydrogen-bond donors (Lipinski definition) is 1. The van der Waals surface area contributed by atoms with Crippen molar-refractivity contribution in [3.63, 3.8) is 0 Å². The summed E-state index contributed by atoms with van der Waals surface area (Å²) in [5.74, 6) is 1.80. The van der Waals surface area contributed by atoms with Crippen molar-refractivity contribution in [2.24, 2.45) is 0 Å². The molecule has 1 aliphatic heterocycles. The topological polar surface area (TPSA) is 54.2 Å². The average Bonchev–Trinajstić information content (AvgIpc) is 3.29. The highest BCUT2D eigenvalue weighted by molar-refractivity contribution is 5.77. The Kier molecular flexibility index (Phi) is 4.17. The van der Waals surface area contributed by atoms with E-state index in [4.69, 9.17) is 4.42 Å². The van der Waals surface area contributed by atoms with Crippen LogP contribution in [0.3, 0.4) is 0 Å². The van der Waals surface area contributed by atoms with Gasteiger partial charge in [0.25, 0.3) is 0 Å². The Morgan fingerprint density at radius 3 is 2.67 bits per heavy atom. The summed E-state index contributed by atoms with van der Waals surface area (Å²) in [5, 5.41) is 4.62. The zero-order valence-electron chi connectivity index (χ0n) is 13.9. The van der Waals surface area contributed by atoms with Crippen molar-refractivity contribution in [1.29, 1.82) is 0 Å². The normalized spacial score (nSPS) is 16.0. The standard InChI is InChI=1S/C19H22N4O/c1-14(18-10-16-6-2-3-7-17(16)24-18)20-11-15-12-21-19(22-13-15)23-8-4-5-9-23/h2-3,6-7,10,12-14,20H,4-5,8-9,11H2,1H3/t14-/m1/s1. The highest BCUT2D eigenvalue weighted by Gasteiger charge is 2.15. The van der Waals surface area contributed by atoms with E-state index in [1.54, 1.807) is 0 Å². The summed E-state index contributed by atoms with van der Waals surface area (Å²) in [6.07, 6.45) is 6.31. The third kappa shape index (κ3) is 3.12. The third-order valence-electron chi connectivity index (χ3n) is 4.56. The predicted octanol–water partition coefficient (Wildman–Crippen LogP) is 3.67. The molecule has 0 radical (unpaired) electrons. The van der Waals surface area contributed by atoms with Crippen LogP contribution in [0.15, 0.2) is 47.1 Å². The van der Waals surface area contributed by atoms with E-state index in [9.17, 15) is 0 Å². The summed E-state index contributed by atoms with van der Waals surface area (Å²) in [4.78, 5) is 11.2. The minimum Gasteiger partial charge on any atom is -0.459 e. The van der Waals surface area contributed by atoms with Gasteiger partial charge in [-0.25, -0.2) is 9.97 Å². The molecule has 1 saturated heterocycles. The maximum Gasteiger partial charge on any atom is 0.225 e. The molecular formula is C19H22N4O. The van der Waals surface area contributed by atoms with Crippen molar-refractivity contribution >= 4 is 16.9 Å². The summed E-state index contributed by atoms with van der Waals surface area (Å²) < 4.78 is 5.90. The number of anilines is 1. The van der Waals surface area contributed by atoms with Gasteiger partial charge in [0.05, 0.1) is 6.04 Å². The fourth-order valence-electron chi connectivity index (χ4n) is 3.11. The van der Waals surface area contributed by atoms with E-state index in [2.05, 4.69) is 39.2 Å². The Morgan fingerprint density at radius 2 is 1.92 bits per heavy atom. The van der Waals surface area contributed by atoms with Crippen LogP contribution in [0.1, 0.15) is 37.1 Å². The van der Waals surface area contributed by atoms with Gasteiger partial charge in [0.2, 0.25) is 5.95 Å². The Hall–Kier alpha value is -2.40. The van der Waals surface area contributed by atoms with Crippen molar-refractivity contribution in [2.45, 2.75) is 32.4 Å². The van der Waals surface area contributed by atoms with Gasteiger partial charge >= 0.3 is 0 Å². The van der Waals surface area contributed by atoms with Gasteiger partial charge < -0.3 is 14.6 Å². The Balaban J connectivity index is 1.38. The lowest BCUT2D eigenvalue weighted by Crippen LogP contribution is -2.21. The van der Waals surface area contributed by atoms with Gasteiger partial charge in [-0.2, -0.15) is 0 Å². The van der Waals surface area contributed by atoms with Gasteiger partial charge in [-0.05, 0) is 31.9 Å². The number of benzene rings is 1. The summed E-state index contributed by atoms with van der Waals surface area (Å²) in [6.45, 7) is 4.97. The average molecular weight is 322 g/mol. The van der Waals surface area contributed by atoms with E-state index >= 15 is 0 Å². The fourth-order valence-corrected chi connectivity index (χ4v) is 3.11. The number of hydrogen-bond acceptors (Lipinski definition) is 5. The second kappa shape index (κ2) is 6.61. The molecule has 0 saturated carbocycles. The number of fused-ring (bicyclic) bond motifs is 1. The highest BCUT2D eigenvalue weighted by atomic mass is 16.3. The Morgan fingerprint density at radius 1 is 1.17 bits per heavy atom. The van der Waals surface area contributed by atoms with E-state index in [1.165, 1.54) is 12.8 Å². The van der Waals surface area contributed by atoms with Crippen molar-refractivity contribution in [2.75, 3.05) is 18.0 Å². The number of nitrogens with zero attached hydrogens (tertiary/aromatic N) is 3. The van der Waals surface area contributed by atoms with E-state index in [0.29, 0.717) is 0 Å². The molecule has 5 heteroatoms. The van der Waals surface area contributed by atoms with Crippen LogP contribution in [0, 0.1) is 0 Å². The molecule has 24 heavy (non-hydrogen) atoms. The second-order valence-corrected chi connectivity index (χ2v) is 6.37. The molecular weight excluding hydrogens is 300 g/mol. The molecule has 4 rings (SSSR count). The molecule has 0 unspecified atom stereocenters. The molecule has 3 aromatic rings. The minimum atomic E-state index is 0.135.